The van der Waals surface area contributed by atoms with E-state index in [4.69, 9.17) is 16.3 Å². The Bertz CT molecular complexity index is 651. The molecule has 110 valence electrons. The third-order valence-electron chi connectivity index (χ3n) is 3.24. The summed E-state index contributed by atoms with van der Waals surface area (Å²) in [5.74, 6) is -0.312. The first-order valence-electron chi connectivity index (χ1n) is 7.00. The molecule has 0 fully saturated rings. The number of carbonyl (C=O) groups is 1. The van der Waals surface area contributed by atoms with Crippen LogP contribution in [-0.2, 0) is 11.2 Å². The van der Waals surface area contributed by atoms with Crippen LogP contribution in [0, 0.1) is 6.92 Å². The number of aromatic nitrogens is 1. The lowest BCUT2D eigenvalue weighted by atomic mass is 10.0. The van der Waals surface area contributed by atoms with Gasteiger partial charge in [-0.3, -0.25) is 4.98 Å². The molecule has 0 spiro atoms. The number of nitrogens with zero attached hydrogens (tertiary/aromatic N) is 1. The van der Waals surface area contributed by atoms with Crippen LogP contribution in [0.5, 0.6) is 0 Å². The lowest BCUT2D eigenvalue weighted by molar-refractivity contribution is 0.0524. The minimum absolute atomic E-state index is 0.312. The quantitative estimate of drug-likeness (QED) is 0.783. The summed E-state index contributed by atoms with van der Waals surface area (Å²) in [7, 11) is 0. The van der Waals surface area contributed by atoms with Gasteiger partial charge < -0.3 is 4.74 Å². The van der Waals surface area contributed by atoms with Gasteiger partial charge >= 0.3 is 5.97 Å². The highest BCUT2D eigenvalue weighted by atomic mass is 35.5. The van der Waals surface area contributed by atoms with Crippen molar-refractivity contribution in [2.24, 2.45) is 0 Å². The first-order valence-corrected chi connectivity index (χ1v) is 7.38. The number of ether oxygens (including phenoxy) is 1. The van der Waals surface area contributed by atoms with E-state index in [0.29, 0.717) is 23.6 Å². The zero-order valence-corrected chi connectivity index (χ0v) is 13.2. The smallest absolute Gasteiger partial charge is 0.339 e. The van der Waals surface area contributed by atoms with Gasteiger partial charge in [-0.05, 0) is 44.0 Å². The molecule has 1 aromatic heterocycles. The summed E-state index contributed by atoms with van der Waals surface area (Å²) < 4.78 is 5.09. The van der Waals surface area contributed by atoms with E-state index < -0.39 is 0 Å². The van der Waals surface area contributed by atoms with Crippen molar-refractivity contribution in [2.75, 3.05) is 6.61 Å². The number of benzene rings is 1. The second kappa shape index (κ2) is 6.72. The number of carbonyl (C=O) groups excluding carboxylic acids is 1. The van der Waals surface area contributed by atoms with E-state index in [1.165, 1.54) is 0 Å². The normalized spacial score (nSPS) is 10.5. The first kappa shape index (κ1) is 15.5. The second-order valence-electron chi connectivity index (χ2n) is 4.73. The molecule has 3 nitrogen and oxygen atoms in total. The predicted molar refractivity (Wildman–Crippen MR) is 84.8 cm³/mol. The Morgan fingerprint density at radius 3 is 2.48 bits per heavy atom. The Labute approximate surface area is 129 Å². The predicted octanol–water partition coefficient (Wildman–Crippen LogP) is 4.45. The summed E-state index contributed by atoms with van der Waals surface area (Å²) in [6.07, 6.45) is 0.676. The third kappa shape index (κ3) is 3.42. The fourth-order valence-electron chi connectivity index (χ4n) is 2.21. The summed E-state index contributed by atoms with van der Waals surface area (Å²) in [6.45, 7) is 6.08. The molecule has 2 rings (SSSR count). The molecule has 0 aliphatic carbocycles. The largest absolute Gasteiger partial charge is 0.462 e. The van der Waals surface area contributed by atoms with Crippen LogP contribution in [0.3, 0.4) is 0 Å². The van der Waals surface area contributed by atoms with E-state index >= 15 is 0 Å². The molecule has 21 heavy (non-hydrogen) atoms. The zero-order valence-electron chi connectivity index (χ0n) is 12.4. The van der Waals surface area contributed by atoms with Crippen molar-refractivity contribution in [1.29, 1.82) is 0 Å². The molecule has 1 aromatic carbocycles. The average molecular weight is 304 g/mol. The number of halogens is 1. The van der Waals surface area contributed by atoms with E-state index in [9.17, 15) is 4.79 Å². The number of pyridine rings is 1. The van der Waals surface area contributed by atoms with E-state index in [0.717, 1.165) is 22.5 Å². The zero-order chi connectivity index (χ0) is 15.4. The topological polar surface area (TPSA) is 39.2 Å². The highest BCUT2D eigenvalue weighted by Gasteiger charge is 2.16. The summed E-state index contributed by atoms with van der Waals surface area (Å²) >= 11 is 5.92. The maximum atomic E-state index is 12.0. The number of hydrogen-bond donors (Lipinski definition) is 0. The van der Waals surface area contributed by atoms with E-state index in [-0.39, 0.29) is 5.97 Å². The molecule has 0 N–H and O–H groups in total. The fourth-order valence-corrected chi connectivity index (χ4v) is 2.33. The summed E-state index contributed by atoms with van der Waals surface area (Å²) in [5, 5.41) is 0.690. The van der Waals surface area contributed by atoms with Crippen LogP contribution in [0.15, 0.2) is 30.3 Å². The van der Waals surface area contributed by atoms with Crippen molar-refractivity contribution in [2.45, 2.75) is 27.2 Å². The lowest BCUT2D eigenvalue weighted by Gasteiger charge is -2.12. The Balaban J connectivity index is 2.50. The van der Waals surface area contributed by atoms with Gasteiger partial charge in [0.25, 0.3) is 0 Å². The van der Waals surface area contributed by atoms with Crippen LogP contribution in [-0.4, -0.2) is 17.6 Å². The maximum Gasteiger partial charge on any atom is 0.339 e. The Morgan fingerprint density at radius 1 is 1.24 bits per heavy atom. The molecule has 0 radical (unpaired) electrons. The molecule has 0 saturated carbocycles. The van der Waals surface area contributed by atoms with Crippen LogP contribution in [0.2, 0.25) is 5.02 Å². The standard InChI is InChI=1S/C17H18ClNO2/c1-4-15-14(17(20)21-5-2)10-11(3)16(19-15)12-6-8-13(18)9-7-12/h6-10H,4-5H2,1-3H3. The average Bonchev–Trinajstić information content (AvgIpc) is 2.48. The van der Waals surface area contributed by atoms with Gasteiger partial charge in [0.2, 0.25) is 0 Å². The van der Waals surface area contributed by atoms with Crippen LogP contribution in [0.4, 0.5) is 0 Å². The first-order chi connectivity index (χ1) is 10.1. The van der Waals surface area contributed by atoms with Gasteiger partial charge in [-0.2, -0.15) is 0 Å². The molecule has 4 heteroatoms. The van der Waals surface area contributed by atoms with E-state index in [1.54, 1.807) is 6.92 Å². The van der Waals surface area contributed by atoms with Crippen molar-refractivity contribution in [1.82, 2.24) is 4.98 Å². The van der Waals surface area contributed by atoms with Crippen LogP contribution in [0.1, 0.15) is 35.5 Å². The summed E-state index contributed by atoms with van der Waals surface area (Å²) in [4.78, 5) is 16.6. The number of aryl methyl sites for hydroxylation is 2. The number of hydrogen-bond acceptors (Lipinski definition) is 3. The summed E-state index contributed by atoms with van der Waals surface area (Å²) in [5.41, 5.74) is 4.11. The van der Waals surface area contributed by atoms with Crippen molar-refractivity contribution in [3.63, 3.8) is 0 Å². The monoisotopic (exact) mass is 303 g/mol. The molecular weight excluding hydrogens is 286 g/mol. The minimum Gasteiger partial charge on any atom is -0.462 e. The Kier molecular flexibility index (Phi) is 4.97. The van der Waals surface area contributed by atoms with Crippen molar-refractivity contribution < 1.29 is 9.53 Å². The second-order valence-corrected chi connectivity index (χ2v) is 5.17. The number of rotatable bonds is 4. The van der Waals surface area contributed by atoms with E-state index in [2.05, 4.69) is 4.98 Å². The molecule has 0 aliphatic heterocycles. The van der Waals surface area contributed by atoms with Crippen molar-refractivity contribution in [3.8, 4) is 11.3 Å². The minimum atomic E-state index is -0.312. The van der Waals surface area contributed by atoms with Gasteiger partial charge in [0.1, 0.15) is 0 Å². The molecule has 0 bridgehead atoms. The molecule has 0 atom stereocenters. The number of esters is 1. The van der Waals surface area contributed by atoms with E-state index in [1.807, 2.05) is 44.2 Å². The Morgan fingerprint density at radius 2 is 1.90 bits per heavy atom. The molecular formula is C17H18ClNO2. The molecule has 0 aliphatic rings. The van der Waals surface area contributed by atoms with Crippen LogP contribution < -0.4 is 0 Å². The lowest BCUT2D eigenvalue weighted by Crippen LogP contribution is -2.10. The van der Waals surface area contributed by atoms with Gasteiger partial charge in [0.15, 0.2) is 0 Å². The van der Waals surface area contributed by atoms with Gasteiger partial charge in [-0.15, -0.1) is 0 Å². The highest BCUT2D eigenvalue weighted by Crippen LogP contribution is 2.25. The fraction of sp³-hybridized carbons (Fsp3) is 0.294. The molecule has 0 unspecified atom stereocenters. The van der Waals surface area contributed by atoms with Crippen molar-refractivity contribution >= 4 is 17.6 Å². The SMILES string of the molecule is CCOC(=O)c1cc(C)c(-c2ccc(Cl)cc2)nc1CC. The maximum absolute atomic E-state index is 12.0. The molecule has 0 amide bonds. The molecule has 1 heterocycles. The van der Waals surface area contributed by atoms with Gasteiger partial charge in [0.05, 0.1) is 23.6 Å². The van der Waals surface area contributed by atoms with Gasteiger partial charge in [0, 0.05) is 10.6 Å². The van der Waals surface area contributed by atoms with Crippen molar-refractivity contribution in [3.05, 3.63) is 52.2 Å². The molecule has 2 aromatic rings. The Hall–Kier alpha value is -1.87. The third-order valence-corrected chi connectivity index (χ3v) is 3.49. The van der Waals surface area contributed by atoms with Crippen LogP contribution in [0.25, 0.3) is 11.3 Å². The highest BCUT2D eigenvalue weighted by molar-refractivity contribution is 6.30. The molecule has 0 saturated heterocycles. The van der Waals surface area contributed by atoms with Gasteiger partial charge in [-0.25, -0.2) is 4.79 Å². The van der Waals surface area contributed by atoms with Crippen LogP contribution >= 0.6 is 11.6 Å². The van der Waals surface area contributed by atoms with Gasteiger partial charge in [-0.1, -0.05) is 30.7 Å². The summed E-state index contributed by atoms with van der Waals surface area (Å²) in [6, 6.07) is 9.39.